The van der Waals surface area contributed by atoms with Crippen LogP contribution in [0.1, 0.15) is 26.7 Å². The van der Waals surface area contributed by atoms with Gasteiger partial charge in [-0.2, -0.15) is 0 Å². The van der Waals surface area contributed by atoms with Crippen LogP contribution in [0.5, 0.6) is 0 Å². The Labute approximate surface area is 72.3 Å². The lowest BCUT2D eigenvalue weighted by molar-refractivity contribution is -0.137. The van der Waals surface area contributed by atoms with Crippen LogP contribution in [-0.4, -0.2) is 16.9 Å². The average molecular weight is 172 g/mol. The van der Waals surface area contributed by atoms with E-state index < -0.39 is 5.97 Å². The first-order valence-corrected chi connectivity index (χ1v) is 4.00. The predicted octanol–water partition coefficient (Wildman–Crippen LogP) is 1.06. The summed E-state index contributed by atoms with van der Waals surface area (Å²) in [4.78, 5) is 10.2. The summed E-state index contributed by atoms with van der Waals surface area (Å²) in [6, 6.07) is 0. The Morgan fingerprint density at radius 2 is 2.08 bits per heavy atom. The van der Waals surface area contributed by atoms with Crippen molar-refractivity contribution in [3.05, 3.63) is 0 Å². The highest BCUT2D eigenvalue weighted by molar-refractivity contribution is 5.80. The van der Waals surface area contributed by atoms with Crippen molar-refractivity contribution in [2.75, 3.05) is 0 Å². The summed E-state index contributed by atoms with van der Waals surface area (Å²) < 4.78 is 0. The Morgan fingerprint density at radius 1 is 1.58 bits per heavy atom. The van der Waals surface area contributed by atoms with E-state index in [1.165, 1.54) is 0 Å². The van der Waals surface area contributed by atoms with Crippen molar-refractivity contribution in [1.82, 2.24) is 0 Å². The topological polar surface area (TPSA) is 87.2 Å². The Kier molecular flexibility index (Phi) is 4.33. The fourth-order valence-electron chi connectivity index (χ4n) is 1.13. The SMILES string of the molecule is CC(C)C(CCC(=O)O)C(=N)N. The number of hydrogen-bond acceptors (Lipinski definition) is 2. The van der Waals surface area contributed by atoms with Gasteiger partial charge in [0, 0.05) is 12.3 Å². The molecule has 0 radical (unpaired) electrons. The van der Waals surface area contributed by atoms with Crippen molar-refractivity contribution in [1.29, 1.82) is 5.41 Å². The second kappa shape index (κ2) is 4.74. The molecule has 70 valence electrons. The van der Waals surface area contributed by atoms with Gasteiger partial charge in [-0.1, -0.05) is 13.8 Å². The molecule has 4 nitrogen and oxygen atoms in total. The van der Waals surface area contributed by atoms with E-state index in [1.807, 2.05) is 13.8 Å². The summed E-state index contributed by atoms with van der Waals surface area (Å²) in [5, 5.41) is 15.6. The molecule has 0 bridgehead atoms. The first kappa shape index (κ1) is 10.9. The zero-order chi connectivity index (χ0) is 9.72. The molecule has 0 amide bonds. The molecule has 0 aliphatic carbocycles. The molecule has 0 fully saturated rings. The molecule has 4 heteroatoms. The van der Waals surface area contributed by atoms with Gasteiger partial charge >= 0.3 is 5.97 Å². The van der Waals surface area contributed by atoms with Crippen LogP contribution in [0.2, 0.25) is 0 Å². The largest absolute Gasteiger partial charge is 0.481 e. The molecule has 0 aromatic rings. The molecule has 0 spiro atoms. The third-order valence-electron chi connectivity index (χ3n) is 1.87. The van der Waals surface area contributed by atoms with E-state index in [2.05, 4.69) is 0 Å². The number of aliphatic carboxylic acids is 1. The van der Waals surface area contributed by atoms with E-state index in [9.17, 15) is 4.79 Å². The van der Waals surface area contributed by atoms with Crippen molar-refractivity contribution >= 4 is 11.8 Å². The maximum absolute atomic E-state index is 10.2. The molecule has 0 aliphatic rings. The van der Waals surface area contributed by atoms with Gasteiger partial charge in [-0.15, -0.1) is 0 Å². The molecule has 0 aromatic heterocycles. The van der Waals surface area contributed by atoms with E-state index >= 15 is 0 Å². The summed E-state index contributed by atoms with van der Waals surface area (Å²) in [6.45, 7) is 3.88. The van der Waals surface area contributed by atoms with Gasteiger partial charge in [-0.05, 0) is 12.3 Å². The number of carbonyl (C=O) groups is 1. The van der Waals surface area contributed by atoms with Gasteiger partial charge in [0.25, 0.3) is 0 Å². The van der Waals surface area contributed by atoms with E-state index in [0.717, 1.165) is 0 Å². The molecule has 4 N–H and O–H groups in total. The van der Waals surface area contributed by atoms with Gasteiger partial charge < -0.3 is 10.8 Å². The number of rotatable bonds is 5. The van der Waals surface area contributed by atoms with Crippen LogP contribution < -0.4 is 5.73 Å². The van der Waals surface area contributed by atoms with E-state index in [4.69, 9.17) is 16.2 Å². The smallest absolute Gasteiger partial charge is 0.303 e. The monoisotopic (exact) mass is 172 g/mol. The summed E-state index contributed by atoms with van der Waals surface area (Å²) in [6.07, 6.45) is 0.546. The lowest BCUT2D eigenvalue weighted by Crippen LogP contribution is -2.27. The van der Waals surface area contributed by atoms with Gasteiger partial charge in [-0.25, -0.2) is 0 Å². The fraction of sp³-hybridized carbons (Fsp3) is 0.750. The van der Waals surface area contributed by atoms with Crippen molar-refractivity contribution in [3.8, 4) is 0 Å². The Hall–Kier alpha value is -1.06. The number of amidine groups is 1. The van der Waals surface area contributed by atoms with Crippen molar-refractivity contribution in [3.63, 3.8) is 0 Å². The van der Waals surface area contributed by atoms with Crippen LogP contribution in [-0.2, 0) is 4.79 Å². The maximum Gasteiger partial charge on any atom is 0.303 e. The number of carboxylic acid groups (broad SMARTS) is 1. The second-order valence-electron chi connectivity index (χ2n) is 3.24. The first-order valence-electron chi connectivity index (χ1n) is 4.00. The first-order chi connectivity index (χ1) is 5.45. The zero-order valence-corrected chi connectivity index (χ0v) is 7.50. The highest BCUT2D eigenvalue weighted by Gasteiger charge is 2.17. The minimum absolute atomic E-state index is 0.0857. The molecule has 0 aromatic carbocycles. The molecule has 0 rings (SSSR count). The second-order valence-corrected chi connectivity index (χ2v) is 3.24. The average Bonchev–Trinajstić information content (AvgIpc) is 1.84. The highest BCUT2D eigenvalue weighted by Crippen LogP contribution is 2.16. The maximum atomic E-state index is 10.2. The van der Waals surface area contributed by atoms with Gasteiger partial charge in [0.1, 0.15) is 0 Å². The fourth-order valence-corrected chi connectivity index (χ4v) is 1.13. The van der Waals surface area contributed by atoms with Crippen molar-refractivity contribution < 1.29 is 9.90 Å². The van der Waals surface area contributed by atoms with Gasteiger partial charge in [0.2, 0.25) is 0 Å². The van der Waals surface area contributed by atoms with Gasteiger partial charge in [-0.3, -0.25) is 10.2 Å². The van der Waals surface area contributed by atoms with Crippen LogP contribution in [0, 0.1) is 17.2 Å². The van der Waals surface area contributed by atoms with E-state index in [1.54, 1.807) is 0 Å². The molecule has 0 saturated carbocycles. The summed E-state index contributed by atoms with van der Waals surface area (Å²) in [7, 11) is 0. The lowest BCUT2D eigenvalue weighted by atomic mass is 9.90. The van der Waals surface area contributed by atoms with Gasteiger partial charge in [0.05, 0.1) is 5.84 Å². The zero-order valence-electron chi connectivity index (χ0n) is 7.50. The molecule has 0 saturated heterocycles. The van der Waals surface area contributed by atoms with Crippen LogP contribution in [0.15, 0.2) is 0 Å². The molecule has 1 unspecified atom stereocenters. The highest BCUT2D eigenvalue weighted by atomic mass is 16.4. The molecule has 0 aliphatic heterocycles. The quantitative estimate of drug-likeness (QED) is 0.428. The molecule has 12 heavy (non-hydrogen) atoms. The molecular formula is C8H16N2O2. The minimum atomic E-state index is -0.832. The number of hydrogen-bond donors (Lipinski definition) is 3. The third kappa shape index (κ3) is 3.95. The van der Waals surface area contributed by atoms with Crippen molar-refractivity contribution in [2.24, 2.45) is 17.6 Å². The molecular weight excluding hydrogens is 156 g/mol. The number of nitrogens with two attached hydrogens (primary N) is 1. The standard InChI is InChI=1S/C8H16N2O2/c1-5(2)6(8(9)10)3-4-7(11)12/h5-6H,3-4H2,1-2H3,(H3,9,10)(H,11,12). The Bertz CT molecular complexity index is 178. The van der Waals surface area contributed by atoms with Gasteiger partial charge in [0.15, 0.2) is 0 Å². The number of carboxylic acids is 1. The third-order valence-corrected chi connectivity index (χ3v) is 1.87. The molecule has 0 heterocycles. The van der Waals surface area contributed by atoms with Crippen LogP contribution in [0.4, 0.5) is 0 Å². The summed E-state index contributed by atoms with van der Waals surface area (Å²) in [5.41, 5.74) is 5.31. The predicted molar refractivity (Wildman–Crippen MR) is 47.1 cm³/mol. The lowest BCUT2D eigenvalue weighted by Gasteiger charge is -2.17. The Morgan fingerprint density at radius 3 is 2.33 bits per heavy atom. The van der Waals surface area contributed by atoms with Crippen LogP contribution >= 0.6 is 0 Å². The Balaban J connectivity index is 3.97. The van der Waals surface area contributed by atoms with E-state index in [0.29, 0.717) is 6.42 Å². The summed E-state index contributed by atoms with van der Waals surface area (Å²) in [5.74, 6) is -0.601. The van der Waals surface area contributed by atoms with Crippen LogP contribution in [0.3, 0.4) is 0 Å². The summed E-state index contributed by atoms with van der Waals surface area (Å²) >= 11 is 0. The van der Waals surface area contributed by atoms with E-state index in [-0.39, 0.29) is 24.1 Å². The molecule has 1 atom stereocenters. The normalized spacial score (nSPS) is 12.9. The van der Waals surface area contributed by atoms with Crippen LogP contribution in [0.25, 0.3) is 0 Å². The number of nitrogens with one attached hydrogen (secondary N) is 1. The minimum Gasteiger partial charge on any atom is -0.481 e. The van der Waals surface area contributed by atoms with Crippen molar-refractivity contribution in [2.45, 2.75) is 26.7 Å².